The van der Waals surface area contributed by atoms with Crippen LogP contribution in [-0.2, 0) is 18.4 Å². The second-order valence-corrected chi connectivity index (χ2v) is 4.89. The van der Waals surface area contributed by atoms with E-state index < -0.39 is 0 Å². The summed E-state index contributed by atoms with van der Waals surface area (Å²) >= 11 is 0. The first kappa shape index (κ1) is 14.3. The summed E-state index contributed by atoms with van der Waals surface area (Å²) in [6.45, 7) is 4.32. The number of carbonyl (C=O) groups excluding carboxylic acids is 1. The molecule has 1 heterocycles. The normalized spacial score (nSPS) is 12.2. The first-order chi connectivity index (χ1) is 9.54. The standard InChI is InChI=1S/C15H20N4O/c1-11(16-10-15-7-8-19(3)18-15)13-5-4-6-14(9-13)17-12(2)20/h4-9,11,16H,10H2,1-3H3,(H,17,20). The van der Waals surface area contributed by atoms with E-state index >= 15 is 0 Å². The van der Waals surface area contributed by atoms with Crippen LogP contribution in [0.3, 0.4) is 0 Å². The molecule has 1 unspecified atom stereocenters. The molecule has 0 aliphatic rings. The highest BCUT2D eigenvalue weighted by molar-refractivity contribution is 5.88. The van der Waals surface area contributed by atoms with E-state index in [0.717, 1.165) is 16.9 Å². The maximum absolute atomic E-state index is 11.1. The minimum Gasteiger partial charge on any atom is -0.326 e. The number of hydrogen-bond donors (Lipinski definition) is 2. The summed E-state index contributed by atoms with van der Waals surface area (Å²) in [5.41, 5.74) is 2.96. The number of aryl methyl sites for hydroxylation is 1. The summed E-state index contributed by atoms with van der Waals surface area (Å²) in [7, 11) is 1.91. The second kappa shape index (κ2) is 6.34. The molecule has 0 spiro atoms. The average molecular weight is 272 g/mol. The molecule has 20 heavy (non-hydrogen) atoms. The third-order valence-corrected chi connectivity index (χ3v) is 3.07. The van der Waals surface area contributed by atoms with Gasteiger partial charge in [0.2, 0.25) is 5.91 Å². The Bertz CT molecular complexity index is 591. The molecule has 0 saturated heterocycles. The van der Waals surface area contributed by atoms with E-state index in [2.05, 4.69) is 22.7 Å². The van der Waals surface area contributed by atoms with Crippen molar-refractivity contribution in [3.05, 3.63) is 47.8 Å². The minimum atomic E-state index is -0.0590. The molecule has 0 aliphatic heterocycles. The zero-order chi connectivity index (χ0) is 14.5. The first-order valence-corrected chi connectivity index (χ1v) is 6.64. The van der Waals surface area contributed by atoms with Crippen LogP contribution in [0.2, 0.25) is 0 Å². The molecule has 0 radical (unpaired) electrons. The molecule has 2 N–H and O–H groups in total. The van der Waals surface area contributed by atoms with Crippen LogP contribution in [0.25, 0.3) is 0 Å². The predicted molar refractivity (Wildman–Crippen MR) is 79.2 cm³/mol. The molecule has 0 aliphatic carbocycles. The van der Waals surface area contributed by atoms with Crippen LogP contribution in [0.4, 0.5) is 5.69 Å². The summed E-state index contributed by atoms with van der Waals surface area (Å²) in [4.78, 5) is 11.1. The van der Waals surface area contributed by atoms with Gasteiger partial charge in [0.15, 0.2) is 0 Å². The van der Waals surface area contributed by atoms with Gasteiger partial charge in [-0.15, -0.1) is 0 Å². The summed E-state index contributed by atoms with van der Waals surface area (Å²) < 4.78 is 1.79. The molecule has 1 atom stereocenters. The van der Waals surface area contributed by atoms with Crippen LogP contribution in [0.1, 0.15) is 31.1 Å². The number of hydrogen-bond acceptors (Lipinski definition) is 3. The molecule has 2 aromatic rings. The highest BCUT2D eigenvalue weighted by atomic mass is 16.1. The van der Waals surface area contributed by atoms with Gasteiger partial charge in [-0.1, -0.05) is 12.1 Å². The van der Waals surface area contributed by atoms with Gasteiger partial charge in [0, 0.05) is 38.4 Å². The summed E-state index contributed by atoms with van der Waals surface area (Å²) in [6, 6.07) is 10.0. The minimum absolute atomic E-state index is 0.0590. The van der Waals surface area contributed by atoms with Gasteiger partial charge >= 0.3 is 0 Å². The zero-order valence-corrected chi connectivity index (χ0v) is 12.1. The molecule has 2 rings (SSSR count). The molecule has 106 valence electrons. The lowest BCUT2D eigenvalue weighted by molar-refractivity contribution is -0.114. The molecule has 0 fully saturated rings. The van der Waals surface area contributed by atoms with Crippen molar-refractivity contribution in [2.24, 2.45) is 7.05 Å². The highest BCUT2D eigenvalue weighted by Crippen LogP contribution is 2.17. The van der Waals surface area contributed by atoms with Gasteiger partial charge in [-0.3, -0.25) is 9.48 Å². The molecule has 0 saturated carbocycles. The van der Waals surface area contributed by atoms with Gasteiger partial charge in [-0.2, -0.15) is 5.10 Å². The number of nitrogens with zero attached hydrogens (tertiary/aromatic N) is 2. The number of aromatic nitrogens is 2. The van der Waals surface area contributed by atoms with E-state index in [4.69, 9.17) is 0 Å². The SMILES string of the molecule is CC(=O)Nc1cccc(C(C)NCc2ccn(C)n2)c1. The van der Waals surface area contributed by atoms with Crippen molar-refractivity contribution < 1.29 is 4.79 Å². The average Bonchev–Trinajstić information content (AvgIpc) is 2.81. The van der Waals surface area contributed by atoms with Gasteiger partial charge in [0.1, 0.15) is 0 Å². The van der Waals surface area contributed by atoms with Crippen LogP contribution in [-0.4, -0.2) is 15.7 Å². The lowest BCUT2D eigenvalue weighted by atomic mass is 10.1. The van der Waals surface area contributed by atoms with Gasteiger partial charge < -0.3 is 10.6 Å². The number of nitrogens with one attached hydrogen (secondary N) is 2. The Morgan fingerprint density at radius 1 is 1.40 bits per heavy atom. The topological polar surface area (TPSA) is 59.0 Å². The lowest BCUT2D eigenvalue weighted by Gasteiger charge is -2.14. The van der Waals surface area contributed by atoms with Crippen LogP contribution < -0.4 is 10.6 Å². The maximum Gasteiger partial charge on any atom is 0.221 e. The fourth-order valence-electron chi connectivity index (χ4n) is 2.02. The zero-order valence-electron chi connectivity index (χ0n) is 12.1. The summed E-state index contributed by atoms with van der Waals surface area (Å²) in [6.07, 6.45) is 1.93. The smallest absolute Gasteiger partial charge is 0.221 e. The third kappa shape index (κ3) is 3.93. The molecule has 1 aromatic carbocycles. The molecular weight excluding hydrogens is 252 g/mol. The van der Waals surface area contributed by atoms with Crippen molar-refractivity contribution in [2.45, 2.75) is 26.4 Å². The Hall–Kier alpha value is -2.14. The molecule has 1 amide bonds. The molecule has 0 bridgehead atoms. The number of amides is 1. The van der Waals surface area contributed by atoms with Crippen molar-refractivity contribution in [1.29, 1.82) is 0 Å². The fourth-order valence-corrected chi connectivity index (χ4v) is 2.02. The van der Waals surface area contributed by atoms with E-state index in [9.17, 15) is 4.79 Å². The fraction of sp³-hybridized carbons (Fsp3) is 0.333. The quantitative estimate of drug-likeness (QED) is 0.877. The monoisotopic (exact) mass is 272 g/mol. The maximum atomic E-state index is 11.1. The van der Waals surface area contributed by atoms with Gasteiger partial charge in [0.05, 0.1) is 5.69 Å². The van der Waals surface area contributed by atoms with Crippen LogP contribution in [0, 0.1) is 0 Å². The Kier molecular flexibility index (Phi) is 4.53. The van der Waals surface area contributed by atoms with Crippen LogP contribution >= 0.6 is 0 Å². The molecule has 5 nitrogen and oxygen atoms in total. The number of rotatable bonds is 5. The number of benzene rings is 1. The summed E-state index contributed by atoms with van der Waals surface area (Å²) in [5, 5.41) is 10.5. The van der Waals surface area contributed by atoms with Gasteiger partial charge in [-0.05, 0) is 30.7 Å². The van der Waals surface area contributed by atoms with E-state index in [0.29, 0.717) is 6.54 Å². The second-order valence-electron chi connectivity index (χ2n) is 4.89. The Balaban J connectivity index is 1.97. The van der Waals surface area contributed by atoms with Crippen molar-refractivity contribution in [1.82, 2.24) is 15.1 Å². The van der Waals surface area contributed by atoms with Crippen molar-refractivity contribution >= 4 is 11.6 Å². The van der Waals surface area contributed by atoms with Crippen LogP contribution in [0.5, 0.6) is 0 Å². The van der Waals surface area contributed by atoms with Crippen molar-refractivity contribution in [3.8, 4) is 0 Å². The van der Waals surface area contributed by atoms with Crippen molar-refractivity contribution in [2.75, 3.05) is 5.32 Å². The van der Waals surface area contributed by atoms with Gasteiger partial charge in [-0.25, -0.2) is 0 Å². The van der Waals surface area contributed by atoms with Crippen molar-refractivity contribution in [3.63, 3.8) is 0 Å². The summed E-state index contributed by atoms with van der Waals surface area (Å²) in [5.74, 6) is -0.0590. The Morgan fingerprint density at radius 2 is 2.20 bits per heavy atom. The largest absolute Gasteiger partial charge is 0.326 e. The molecule has 5 heteroatoms. The lowest BCUT2D eigenvalue weighted by Crippen LogP contribution is -2.18. The van der Waals surface area contributed by atoms with E-state index in [-0.39, 0.29) is 11.9 Å². The Morgan fingerprint density at radius 3 is 2.85 bits per heavy atom. The predicted octanol–water partition coefficient (Wildman–Crippen LogP) is 2.23. The first-order valence-electron chi connectivity index (χ1n) is 6.64. The van der Waals surface area contributed by atoms with E-state index in [1.54, 1.807) is 4.68 Å². The number of anilines is 1. The van der Waals surface area contributed by atoms with E-state index in [1.165, 1.54) is 6.92 Å². The molecule has 1 aromatic heterocycles. The Labute approximate surface area is 119 Å². The van der Waals surface area contributed by atoms with Gasteiger partial charge in [0.25, 0.3) is 0 Å². The van der Waals surface area contributed by atoms with Crippen LogP contribution in [0.15, 0.2) is 36.5 Å². The third-order valence-electron chi connectivity index (χ3n) is 3.07. The highest BCUT2D eigenvalue weighted by Gasteiger charge is 2.07. The molecular formula is C15H20N4O. The number of carbonyl (C=O) groups is 1. The van der Waals surface area contributed by atoms with E-state index in [1.807, 2.05) is 43.6 Å².